The highest BCUT2D eigenvalue weighted by atomic mass is 16.3. The summed E-state index contributed by atoms with van der Waals surface area (Å²) in [7, 11) is 0. The number of furan rings is 1. The lowest BCUT2D eigenvalue weighted by atomic mass is 9.95. The van der Waals surface area contributed by atoms with Gasteiger partial charge in [-0.2, -0.15) is 0 Å². The van der Waals surface area contributed by atoms with Gasteiger partial charge in [-0.15, -0.1) is 0 Å². The Morgan fingerprint density at radius 1 is 0.700 bits per heavy atom. The van der Waals surface area contributed by atoms with Gasteiger partial charge in [0.1, 0.15) is 17.7 Å². The van der Waals surface area contributed by atoms with Crippen LogP contribution in [-0.2, 0) is 0 Å². The summed E-state index contributed by atoms with van der Waals surface area (Å²) in [6, 6.07) is 42.5. The van der Waals surface area contributed by atoms with Crippen molar-refractivity contribution in [3.05, 3.63) is 139 Å². The molecule has 2 heterocycles. The van der Waals surface area contributed by atoms with Crippen molar-refractivity contribution in [1.29, 1.82) is 0 Å². The highest BCUT2D eigenvalue weighted by Gasteiger charge is 2.23. The molecule has 3 nitrogen and oxygen atoms in total. The van der Waals surface area contributed by atoms with Gasteiger partial charge in [0.2, 0.25) is 0 Å². The number of rotatable bonds is 5. The molecule has 0 aliphatic heterocycles. The van der Waals surface area contributed by atoms with Crippen molar-refractivity contribution in [3.8, 4) is 39.3 Å². The molecule has 0 aliphatic carbocycles. The van der Waals surface area contributed by atoms with E-state index in [4.69, 9.17) is 9.40 Å². The number of nitrogens with zero attached hydrogens (tertiary/aromatic N) is 2. The Morgan fingerprint density at radius 3 is 2.02 bits per heavy atom. The Kier molecular flexibility index (Phi) is 5.90. The minimum absolute atomic E-state index is 0.848. The average molecular weight is 517 g/mol. The van der Waals surface area contributed by atoms with Gasteiger partial charge in [0.05, 0.1) is 22.3 Å². The maximum absolute atomic E-state index is 6.12. The molecule has 0 amide bonds. The van der Waals surface area contributed by atoms with E-state index >= 15 is 0 Å². The number of hydrogen-bond donors (Lipinski definition) is 0. The predicted octanol–water partition coefficient (Wildman–Crippen LogP) is 10.2. The van der Waals surface area contributed by atoms with E-state index in [1.165, 1.54) is 11.1 Å². The SMILES string of the molecule is C/C=C(/C)c1ccc2occ(-c3nc4ccccc4n3-c3c(-c4ccccc4)cccc3-c3ccccc3)c2c1. The van der Waals surface area contributed by atoms with Crippen molar-refractivity contribution in [2.45, 2.75) is 13.8 Å². The van der Waals surface area contributed by atoms with Crippen LogP contribution in [-0.4, -0.2) is 9.55 Å². The topological polar surface area (TPSA) is 31.0 Å². The highest BCUT2D eigenvalue weighted by molar-refractivity contribution is 5.99. The van der Waals surface area contributed by atoms with Crippen LogP contribution >= 0.6 is 0 Å². The molecule has 0 atom stereocenters. The lowest BCUT2D eigenvalue weighted by Crippen LogP contribution is -2.03. The number of benzene rings is 5. The molecule has 7 aromatic rings. The maximum Gasteiger partial charge on any atom is 0.149 e. The van der Waals surface area contributed by atoms with E-state index in [2.05, 4.69) is 140 Å². The molecule has 0 N–H and O–H groups in total. The molecule has 2 aromatic heterocycles. The molecule has 3 heteroatoms. The summed E-state index contributed by atoms with van der Waals surface area (Å²) in [6.07, 6.45) is 3.99. The molecule has 0 spiro atoms. The Hall–Kier alpha value is -5.15. The van der Waals surface area contributed by atoms with E-state index in [1.807, 2.05) is 12.3 Å². The summed E-state index contributed by atoms with van der Waals surface area (Å²) in [4.78, 5) is 5.23. The minimum atomic E-state index is 0.848. The summed E-state index contributed by atoms with van der Waals surface area (Å²) >= 11 is 0. The largest absolute Gasteiger partial charge is 0.464 e. The third-order valence-corrected chi connectivity index (χ3v) is 7.69. The normalized spacial score (nSPS) is 11.9. The van der Waals surface area contributed by atoms with E-state index in [1.54, 1.807) is 0 Å². The van der Waals surface area contributed by atoms with Crippen LogP contribution in [0.5, 0.6) is 0 Å². The zero-order valence-corrected chi connectivity index (χ0v) is 22.5. The van der Waals surface area contributed by atoms with Crippen LogP contribution in [0.2, 0.25) is 0 Å². The first-order valence-corrected chi connectivity index (χ1v) is 13.6. The molecule has 0 bridgehead atoms. The van der Waals surface area contributed by atoms with Crippen molar-refractivity contribution < 1.29 is 4.42 Å². The van der Waals surface area contributed by atoms with E-state index in [-0.39, 0.29) is 0 Å². The van der Waals surface area contributed by atoms with E-state index in [9.17, 15) is 0 Å². The lowest BCUT2D eigenvalue weighted by molar-refractivity contribution is 0.616. The average Bonchev–Trinajstić information content (AvgIpc) is 3.62. The second kappa shape index (κ2) is 9.87. The molecule has 192 valence electrons. The van der Waals surface area contributed by atoms with E-state index in [0.717, 1.165) is 61.3 Å². The summed E-state index contributed by atoms with van der Waals surface area (Å²) in [5.41, 5.74) is 11.9. The number of fused-ring (bicyclic) bond motifs is 2. The lowest BCUT2D eigenvalue weighted by Gasteiger charge is -2.19. The van der Waals surface area contributed by atoms with Crippen LogP contribution in [0.1, 0.15) is 19.4 Å². The number of aromatic nitrogens is 2. The highest BCUT2D eigenvalue weighted by Crippen LogP contribution is 2.42. The van der Waals surface area contributed by atoms with Gasteiger partial charge in [0.15, 0.2) is 0 Å². The summed E-state index contributed by atoms with van der Waals surface area (Å²) in [6.45, 7) is 4.21. The summed E-state index contributed by atoms with van der Waals surface area (Å²) in [5.74, 6) is 0.857. The molecule has 7 rings (SSSR count). The number of hydrogen-bond acceptors (Lipinski definition) is 2. The first-order chi connectivity index (χ1) is 19.7. The smallest absolute Gasteiger partial charge is 0.149 e. The van der Waals surface area contributed by atoms with Crippen molar-refractivity contribution in [3.63, 3.8) is 0 Å². The fourth-order valence-electron chi connectivity index (χ4n) is 5.53. The number of allylic oxidation sites excluding steroid dienone is 2. The Labute approximate surface area is 233 Å². The zero-order valence-electron chi connectivity index (χ0n) is 22.5. The van der Waals surface area contributed by atoms with Gasteiger partial charge in [-0.25, -0.2) is 4.98 Å². The molecule has 0 saturated carbocycles. The minimum Gasteiger partial charge on any atom is -0.464 e. The first-order valence-electron chi connectivity index (χ1n) is 13.6. The zero-order chi connectivity index (χ0) is 27.1. The Morgan fingerprint density at radius 2 is 1.35 bits per heavy atom. The van der Waals surface area contributed by atoms with Crippen LogP contribution in [0.25, 0.3) is 66.9 Å². The number of imidazole rings is 1. The third-order valence-electron chi connectivity index (χ3n) is 7.69. The second-order valence-electron chi connectivity index (χ2n) is 10.0. The van der Waals surface area contributed by atoms with Gasteiger partial charge < -0.3 is 4.42 Å². The molecule has 0 saturated heterocycles. The van der Waals surface area contributed by atoms with Crippen LogP contribution in [0.3, 0.4) is 0 Å². The Balaban J connectivity index is 1.60. The Bertz CT molecular complexity index is 1950. The van der Waals surface area contributed by atoms with E-state index < -0.39 is 0 Å². The molecule has 0 unspecified atom stereocenters. The fourth-order valence-corrected chi connectivity index (χ4v) is 5.53. The van der Waals surface area contributed by atoms with Crippen LogP contribution in [0.15, 0.2) is 138 Å². The van der Waals surface area contributed by atoms with Crippen LogP contribution < -0.4 is 0 Å². The maximum atomic E-state index is 6.12. The summed E-state index contributed by atoms with van der Waals surface area (Å²) < 4.78 is 8.43. The van der Waals surface area contributed by atoms with Crippen molar-refractivity contribution in [2.75, 3.05) is 0 Å². The van der Waals surface area contributed by atoms with Crippen LogP contribution in [0.4, 0.5) is 0 Å². The molecule has 0 radical (unpaired) electrons. The number of para-hydroxylation sites is 3. The molecular formula is C37H28N2O. The van der Waals surface area contributed by atoms with Gasteiger partial charge >= 0.3 is 0 Å². The van der Waals surface area contributed by atoms with Gasteiger partial charge in [0.25, 0.3) is 0 Å². The molecule has 40 heavy (non-hydrogen) atoms. The predicted molar refractivity (Wildman–Crippen MR) is 166 cm³/mol. The summed E-state index contributed by atoms with van der Waals surface area (Å²) in [5, 5.41) is 1.05. The van der Waals surface area contributed by atoms with Gasteiger partial charge in [0, 0.05) is 16.5 Å². The molecule has 5 aromatic carbocycles. The molecular weight excluding hydrogens is 488 g/mol. The fraction of sp³-hybridized carbons (Fsp3) is 0.0541. The van der Waals surface area contributed by atoms with Gasteiger partial charge in [-0.3, -0.25) is 4.57 Å². The first kappa shape index (κ1) is 23.9. The third kappa shape index (κ3) is 3.95. The molecule has 0 fully saturated rings. The monoisotopic (exact) mass is 516 g/mol. The van der Waals surface area contributed by atoms with Crippen molar-refractivity contribution in [2.24, 2.45) is 0 Å². The van der Waals surface area contributed by atoms with Crippen molar-refractivity contribution in [1.82, 2.24) is 9.55 Å². The standard InChI is InChI=1S/C37H28N2O/c1-3-25(2)28-21-22-35-31(23-28)32(24-40-35)37-38-33-19-10-11-20-34(33)39(37)36-29(26-13-6-4-7-14-26)17-12-18-30(36)27-15-8-5-9-16-27/h3-24H,1-2H3/b25-3-. The van der Waals surface area contributed by atoms with Gasteiger partial charge in [-0.1, -0.05) is 103 Å². The van der Waals surface area contributed by atoms with Crippen molar-refractivity contribution >= 4 is 27.6 Å². The molecule has 0 aliphatic rings. The second-order valence-corrected chi connectivity index (χ2v) is 10.0. The quantitative estimate of drug-likeness (QED) is 0.228. The van der Waals surface area contributed by atoms with Gasteiger partial charge in [-0.05, 0) is 60.4 Å². The van der Waals surface area contributed by atoms with Crippen LogP contribution in [0, 0.1) is 0 Å². The van der Waals surface area contributed by atoms with E-state index in [0.29, 0.717) is 0 Å².